The summed E-state index contributed by atoms with van der Waals surface area (Å²) in [6, 6.07) is 8.34. The summed E-state index contributed by atoms with van der Waals surface area (Å²) in [7, 11) is 0. The first-order chi connectivity index (χ1) is 13.0. The maximum atomic E-state index is 13.3. The van der Waals surface area contributed by atoms with E-state index in [2.05, 4.69) is 5.32 Å². The number of halogens is 1. The largest absolute Gasteiger partial charge is 0.349 e. The Balaban J connectivity index is 1.24. The topological polar surface area (TPSA) is 49.4 Å². The molecule has 1 N–H and O–H groups in total. The van der Waals surface area contributed by atoms with Crippen LogP contribution >= 0.6 is 11.3 Å². The van der Waals surface area contributed by atoms with Gasteiger partial charge in [0.1, 0.15) is 5.82 Å². The smallest absolute Gasteiger partial charge is 0.252 e. The second kappa shape index (κ2) is 7.43. The Labute approximate surface area is 162 Å². The third-order valence-electron chi connectivity index (χ3n) is 5.90. The minimum atomic E-state index is -0.303. The van der Waals surface area contributed by atoms with Gasteiger partial charge in [-0.3, -0.25) is 9.59 Å². The first kappa shape index (κ1) is 18.2. The summed E-state index contributed by atoms with van der Waals surface area (Å²) in [6.07, 6.45) is 4.20. The molecule has 1 aromatic heterocycles. The highest BCUT2D eigenvalue weighted by Gasteiger charge is 2.46. The van der Waals surface area contributed by atoms with Crippen molar-refractivity contribution < 1.29 is 14.0 Å². The lowest BCUT2D eigenvalue weighted by Crippen LogP contribution is -2.55. The van der Waals surface area contributed by atoms with Crippen molar-refractivity contribution in [3.8, 4) is 0 Å². The van der Waals surface area contributed by atoms with Gasteiger partial charge in [0, 0.05) is 30.1 Å². The van der Waals surface area contributed by atoms with E-state index < -0.39 is 0 Å². The van der Waals surface area contributed by atoms with Crippen LogP contribution in [0.5, 0.6) is 0 Å². The van der Waals surface area contributed by atoms with E-state index in [1.165, 1.54) is 23.5 Å². The fourth-order valence-electron chi connectivity index (χ4n) is 4.32. The molecule has 1 spiro atoms. The van der Waals surface area contributed by atoms with E-state index in [0.717, 1.165) is 49.9 Å². The summed E-state index contributed by atoms with van der Waals surface area (Å²) in [5, 5.41) is 6.89. The van der Waals surface area contributed by atoms with Gasteiger partial charge >= 0.3 is 0 Å². The highest BCUT2D eigenvalue weighted by molar-refractivity contribution is 7.08. The molecule has 0 bridgehead atoms. The number of thiophene rings is 1. The third-order valence-corrected chi connectivity index (χ3v) is 6.58. The highest BCUT2D eigenvalue weighted by Crippen LogP contribution is 2.49. The number of rotatable bonds is 4. The van der Waals surface area contributed by atoms with Gasteiger partial charge in [0.2, 0.25) is 5.91 Å². The third kappa shape index (κ3) is 4.05. The maximum absolute atomic E-state index is 13.3. The van der Waals surface area contributed by atoms with Gasteiger partial charge in [-0.15, -0.1) is 0 Å². The average molecular weight is 386 g/mol. The quantitative estimate of drug-likeness (QED) is 0.872. The lowest BCUT2D eigenvalue weighted by Gasteiger charge is -2.52. The molecule has 1 aromatic carbocycles. The number of nitrogens with one attached hydrogen (secondary N) is 1. The molecule has 1 aliphatic heterocycles. The number of hydrogen-bond acceptors (Lipinski definition) is 3. The van der Waals surface area contributed by atoms with Gasteiger partial charge in [-0.25, -0.2) is 4.39 Å². The Morgan fingerprint density at radius 1 is 1.22 bits per heavy atom. The number of piperidine rings is 1. The number of benzene rings is 1. The second-order valence-corrected chi connectivity index (χ2v) is 8.56. The summed E-state index contributed by atoms with van der Waals surface area (Å²) in [5.74, 6) is -0.223. The van der Waals surface area contributed by atoms with Gasteiger partial charge in [0.15, 0.2) is 0 Å². The van der Waals surface area contributed by atoms with Gasteiger partial charge in [-0.1, -0.05) is 12.1 Å². The van der Waals surface area contributed by atoms with Gasteiger partial charge in [0.05, 0.1) is 6.42 Å². The number of hydrogen-bond donors (Lipinski definition) is 1. The number of nitrogens with zero attached hydrogens (tertiary/aromatic N) is 1. The summed E-state index contributed by atoms with van der Waals surface area (Å²) in [5.41, 5.74) is 1.72. The Morgan fingerprint density at radius 3 is 2.67 bits per heavy atom. The van der Waals surface area contributed by atoms with Gasteiger partial charge < -0.3 is 10.2 Å². The normalized spacial score (nSPS) is 18.9. The fraction of sp³-hybridized carbons (Fsp3) is 0.429. The number of carbonyl (C=O) groups is 2. The summed E-state index contributed by atoms with van der Waals surface area (Å²) in [4.78, 5) is 26.5. The highest BCUT2D eigenvalue weighted by atomic mass is 32.1. The SMILES string of the molecule is O=C(NC1CC2(CCN(C(=O)Cc3cccc(F)c3)CC2)C1)c1ccsc1. The van der Waals surface area contributed by atoms with Crippen LogP contribution in [0.2, 0.25) is 0 Å². The molecule has 1 saturated heterocycles. The van der Waals surface area contributed by atoms with E-state index in [1.54, 1.807) is 12.1 Å². The summed E-state index contributed by atoms with van der Waals surface area (Å²) in [6.45, 7) is 1.50. The minimum absolute atomic E-state index is 0.0128. The number of likely N-dealkylation sites (tertiary alicyclic amines) is 1. The molecule has 27 heavy (non-hydrogen) atoms. The van der Waals surface area contributed by atoms with E-state index >= 15 is 0 Å². The van der Waals surface area contributed by atoms with E-state index in [1.807, 2.05) is 21.7 Å². The molecular formula is C21H23FN2O2S. The molecule has 1 aliphatic carbocycles. The molecule has 6 heteroatoms. The van der Waals surface area contributed by atoms with Crippen molar-refractivity contribution in [3.05, 3.63) is 58.0 Å². The van der Waals surface area contributed by atoms with E-state index in [-0.39, 0.29) is 35.5 Å². The summed E-state index contributed by atoms with van der Waals surface area (Å²) >= 11 is 1.53. The zero-order chi connectivity index (χ0) is 18.9. The predicted octanol–water partition coefficient (Wildman–Crippen LogP) is 3.63. The second-order valence-electron chi connectivity index (χ2n) is 7.78. The van der Waals surface area contributed by atoms with Crippen LogP contribution in [0.4, 0.5) is 4.39 Å². The number of amides is 2. The van der Waals surface area contributed by atoms with E-state index in [4.69, 9.17) is 0 Å². The van der Waals surface area contributed by atoms with Gasteiger partial charge in [-0.05, 0) is 60.2 Å². The van der Waals surface area contributed by atoms with Crippen molar-refractivity contribution >= 4 is 23.2 Å². The fourth-order valence-corrected chi connectivity index (χ4v) is 4.96. The van der Waals surface area contributed by atoms with Crippen LogP contribution in [0.15, 0.2) is 41.1 Å². The molecule has 2 amide bonds. The van der Waals surface area contributed by atoms with Crippen LogP contribution in [0, 0.1) is 11.2 Å². The van der Waals surface area contributed by atoms with Crippen molar-refractivity contribution in [1.82, 2.24) is 10.2 Å². The van der Waals surface area contributed by atoms with E-state index in [9.17, 15) is 14.0 Å². The molecule has 0 unspecified atom stereocenters. The Morgan fingerprint density at radius 2 is 2.00 bits per heavy atom. The van der Waals surface area contributed by atoms with E-state index in [0.29, 0.717) is 0 Å². The van der Waals surface area contributed by atoms with Crippen LogP contribution in [0.25, 0.3) is 0 Å². The van der Waals surface area contributed by atoms with Crippen molar-refractivity contribution in [2.45, 2.75) is 38.1 Å². The maximum Gasteiger partial charge on any atom is 0.252 e. The molecule has 4 nitrogen and oxygen atoms in total. The predicted molar refractivity (Wildman–Crippen MR) is 103 cm³/mol. The van der Waals surface area contributed by atoms with Crippen molar-refractivity contribution in [2.24, 2.45) is 5.41 Å². The van der Waals surface area contributed by atoms with Crippen LogP contribution in [-0.2, 0) is 11.2 Å². The molecule has 2 heterocycles. The summed E-state index contributed by atoms with van der Waals surface area (Å²) < 4.78 is 13.3. The molecular weight excluding hydrogens is 363 g/mol. The molecule has 1 saturated carbocycles. The standard InChI is InChI=1S/C21H23FN2O2S/c22-17-3-1-2-15(10-17)11-19(25)24-7-5-21(6-8-24)12-18(13-21)23-20(26)16-4-9-27-14-16/h1-4,9-10,14,18H,5-8,11-13H2,(H,23,26). The van der Waals surface area contributed by atoms with Crippen molar-refractivity contribution in [3.63, 3.8) is 0 Å². The molecule has 0 atom stereocenters. The minimum Gasteiger partial charge on any atom is -0.349 e. The molecule has 2 aromatic rings. The molecule has 4 rings (SSSR count). The molecule has 142 valence electrons. The zero-order valence-corrected chi connectivity index (χ0v) is 15.9. The number of carbonyl (C=O) groups excluding carboxylic acids is 2. The molecule has 2 aliphatic rings. The Hall–Kier alpha value is -2.21. The van der Waals surface area contributed by atoms with Crippen LogP contribution < -0.4 is 5.32 Å². The van der Waals surface area contributed by atoms with Gasteiger partial charge in [-0.2, -0.15) is 11.3 Å². The van der Waals surface area contributed by atoms with Crippen LogP contribution in [0.3, 0.4) is 0 Å². The lowest BCUT2D eigenvalue weighted by atomic mass is 9.60. The van der Waals surface area contributed by atoms with Crippen molar-refractivity contribution in [2.75, 3.05) is 13.1 Å². The lowest BCUT2D eigenvalue weighted by molar-refractivity contribution is -0.134. The monoisotopic (exact) mass is 386 g/mol. The molecule has 0 radical (unpaired) electrons. The first-order valence-electron chi connectivity index (χ1n) is 9.38. The average Bonchev–Trinajstić information content (AvgIpc) is 3.16. The van der Waals surface area contributed by atoms with Crippen molar-refractivity contribution in [1.29, 1.82) is 0 Å². The molecule has 2 fully saturated rings. The Kier molecular flexibility index (Phi) is 5.00. The Bertz CT molecular complexity index is 820. The first-order valence-corrected chi connectivity index (χ1v) is 10.3. The van der Waals surface area contributed by atoms with Crippen LogP contribution in [0.1, 0.15) is 41.6 Å². The van der Waals surface area contributed by atoms with Crippen LogP contribution in [-0.4, -0.2) is 35.8 Å². The van der Waals surface area contributed by atoms with Gasteiger partial charge in [0.25, 0.3) is 5.91 Å². The zero-order valence-electron chi connectivity index (χ0n) is 15.1.